The van der Waals surface area contributed by atoms with Crippen molar-refractivity contribution in [2.24, 2.45) is 5.41 Å². The molecule has 1 spiro atoms. The van der Waals surface area contributed by atoms with Gasteiger partial charge < -0.3 is 14.2 Å². The number of hydrogen-bond donors (Lipinski definition) is 0. The van der Waals surface area contributed by atoms with Crippen LogP contribution >= 0.6 is 0 Å². The smallest absolute Gasteiger partial charge is 0.159 e. The summed E-state index contributed by atoms with van der Waals surface area (Å²) in [5.74, 6) is 0. The molecule has 2 bridgehead atoms. The zero-order valence-electron chi connectivity index (χ0n) is 14.3. The third-order valence-corrected chi connectivity index (χ3v) is 6.72. The monoisotopic (exact) mass is 314 g/mol. The highest BCUT2D eigenvalue weighted by molar-refractivity contribution is 5.35. The van der Waals surface area contributed by atoms with Crippen LogP contribution in [0.1, 0.15) is 61.8 Å². The molecule has 4 fully saturated rings. The number of benzene rings is 1. The first kappa shape index (κ1) is 14.4. The van der Waals surface area contributed by atoms with Crippen LogP contribution < -0.4 is 0 Å². The molecule has 3 heterocycles. The molecule has 1 aromatic rings. The third-order valence-electron chi connectivity index (χ3n) is 6.72. The summed E-state index contributed by atoms with van der Waals surface area (Å²) in [6.07, 6.45) is 6.18. The quantitative estimate of drug-likeness (QED) is 0.777. The molecule has 6 atom stereocenters. The van der Waals surface area contributed by atoms with E-state index in [1.54, 1.807) is 0 Å². The summed E-state index contributed by atoms with van der Waals surface area (Å²) in [5, 5.41) is 0. The highest BCUT2D eigenvalue weighted by Gasteiger charge is 2.75. The second-order valence-electron chi connectivity index (χ2n) is 8.20. The van der Waals surface area contributed by atoms with Crippen molar-refractivity contribution in [2.75, 3.05) is 0 Å². The number of aryl methyl sites for hydroxylation is 2. The topological polar surface area (TPSA) is 27.7 Å². The minimum absolute atomic E-state index is 0.0309. The maximum Gasteiger partial charge on any atom is 0.159 e. The van der Waals surface area contributed by atoms with Crippen LogP contribution in [0.4, 0.5) is 0 Å². The Hall–Kier alpha value is -0.900. The van der Waals surface area contributed by atoms with Gasteiger partial charge in [-0.05, 0) is 39.2 Å². The SMILES string of the molecule is Cc1cc(C)cc([C@@H]2O[C@H]3[C@H](C)O[C@H]4C[C@@]25CCCC[C@@]35O4)c1. The van der Waals surface area contributed by atoms with Crippen molar-refractivity contribution in [3.8, 4) is 0 Å². The van der Waals surface area contributed by atoms with E-state index in [1.165, 1.54) is 36.0 Å². The van der Waals surface area contributed by atoms with Gasteiger partial charge in [0.1, 0.15) is 11.7 Å². The molecule has 3 aliphatic heterocycles. The molecule has 5 rings (SSSR count). The molecular formula is C20H26O3. The van der Waals surface area contributed by atoms with Gasteiger partial charge in [-0.2, -0.15) is 0 Å². The van der Waals surface area contributed by atoms with Crippen molar-refractivity contribution >= 4 is 0 Å². The van der Waals surface area contributed by atoms with Crippen molar-refractivity contribution in [1.82, 2.24) is 0 Å². The number of hydrogen-bond acceptors (Lipinski definition) is 3. The van der Waals surface area contributed by atoms with E-state index < -0.39 is 0 Å². The summed E-state index contributed by atoms with van der Waals surface area (Å²) < 4.78 is 19.3. The van der Waals surface area contributed by atoms with Crippen LogP contribution in [0.15, 0.2) is 18.2 Å². The fourth-order valence-electron chi connectivity index (χ4n) is 6.09. The molecule has 0 amide bonds. The first-order chi connectivity index (χ1) is 11.0. The van der Waals surface area contributed by atoms with Crippen molar-refractivity contribution in [3.63, 3.8) is 0 Å². The van der Waals surface area contributed by atoms with Crippen LogP contribution in [0.2, 0.25) is 0 Å². The predicted octanol–water partition coefficient (Wildman–Crippen LogP) is 4.21. The summed E-state index contributed by atoms with van der Waals surface area (Å²) in [6.45, 7) is 6.52. The molecule has 124 valence electrons. The summed E-state index contributed by atoms with van der Waals surface area (Å²) in [6, 6.07) is 6.87. The Morgan fingerprint density at radius 1 is 1.00 bits per heavy atom. The lowest BCUT2D eigenvalue weighted by Crippen LogP contribution is -2.57. The molecule has 4 aliphatic rings. The van der Waals surface area contributed by atoms with Gasteiger partial charge in [-0.3, -0.25) is 0 Å². The van der Waals surface area contributed by atoms with Crippen molar-refractivity contribution in [2.45, 2.75) is 83.1 Å². The van der Waals surface area contributed by atoms with Gasteiger partial charge in [0.25, 0.3) is 0 Å². The van der Waals surface area contributed by atoms with Crippen LogP contribution in [0, 0.1) is 19.3 Å². The second kappa shape index (κ2) is 4.59. The van der Waals surface area contributed by atoms with Crippen molar-refractivity contribution in [1.29, 1.82) is 0 Å². The third kappa shape index (κ3) is 1.71. The van der Waals surface area contributed by atoms with Gasteiger partial charge in [-0.15, -0.1) is 0 Å². The van der Waals surface area contributed by atoms with Gasteiger partial charge in [-0.1, -0.05) is 42.2 Å². The summed E-state index contributed by atoms with van der Waals surface area (Å²) in [4.78, 5) is 0. The molecule has 0 radical (unpaired) electrons. The van der Waals surface area contributed by atoms with Gasteiger partial charge in [0.2, 0.25) is 0 Å². The lowest BCUT2D eigenvalue weighted by atomic mass is 9.59. The van der Waals surface area contributed by atoms with Gasteiger partial charge in [0, 0.05) is 11.8 Å². The summed E-state index contributed by atoms with van der Waals surface area (Å²) >= 11 is 0. The van der Waals surface area contributed by atoms with Gasteiger partial charge >= 0.3 is 0 Å². The minimum atomic E-state index is -0.115. The van der Waals surface area contributed by atoms with Crippen LogP contribution in [0.5, 0.6) is 0 Å². The molecule has 0 unspecified atom stereocenters. The van der Waals surface area contributed by atoms with E-state index in [9.17, 15) is 0 Å². The average molecular weight is 314 g/mol. The van der Waals surface area contributed by atoms with Crippen molar-refractivity contribution in [3.05, 3.63) is 34.9 Å². The molecule has 0 aromatic heterocycles. The van der Waals surface area contributed by atoms with E-state index in [0.717, 1.165) is 12.8 Å². The Bertz CT molecular complexity index is 636. The fraction of sp³-hybridized carbons (Fsp3) is 0.700. The first-order valence-electron chi connectivity index (χ1n) is 9.11. The van der Waals surface area contributed by atoms with E-state index in [-0.39, 0.29) is 35.6 Å². The van der Waals surface area contributed by atoms with Gasteiger partial charge in [0.05, 0.1) is 12.2 Å². The van der Waals surface area contributed by atoms with Crippen LogP contribution in [0.25, 0.3) is 0 Å². The first-order valence-corrected chi connectivity index (χ1v) is 9.11. The molecule has 1 saturated carbocycles. The van der Waals surface area contributed by atoms with E-state index in [1.807, 2.05) is 0 Å². The summed E-state index contributed by atoms with van der Waals surface area (Å²) in [5.41, 5.74) is 3.97. The Balaban J connectivity index is 1.67. The molecule has 3 saturated heterocycles. The van der Waals surface area contributed by atoms with Crippen LogP contribution in [0.3, 0.4) is 0 Å². The molecule has 1 aromatic carbocycles. The maximum atomic E-state index is 6.70. The van der Waals surface area contributed by atoms with E-state index in [4.69, 9.17) is 14.2 Å². The molecule has 0 N–H and O–H groups in total. The zero-order chi connectivity index (χ0) is 15.8. The lowest BCUT2D eigenvalue weighted by Gasteiger charge is -2.47. The van der Waals surface area contributed by atoms with Crippen LogP contribution in [-0.4, -0.2) is 24.1 Å². The summed E-state index contributed by atoms with van der Waals surface area (Å²) in [7, 11) is 0. The number of fused-ring (bicyclic) bond motifs is 1. The van der Waals surface area contributed by atoms with Crippen molar-refractivity contribution < 1.29 is 14.2 Å². The molecule has 23 heavy (non-hydrogen) atoms. The number of ether oxygens (including phenoxy) is 3. The molecular weight excluding hydrogens is 288 g/mol. The van der Waals surface area contributed by atoms with E-state index in [0.29, 0.717) is 0 Å². The Morgan fingerprint density at radius 3 is 2.52 bits per heavy atom. The van der Waals surface area contributed by atoms with E-state index >= 15 is 0 Å². The standard InChI is InChI=1S/C20H26O3/c1-12-8-13(2)10-15(9-12)18-19-6-4-5-7-20(19)17(22-18)14(3)21-16(11-19)23-20/h8-10,14,16-18H,4-7,11H2,1-3H3/t14-,16+,17-,18-,19-,20+/m0/s1. The van der Waals surface area contributed by atoms with Gasteiger partial charge in [0.15, 0.2) is 6.29 Å². The predicted molar refractivity (Wildman–Crippen MR) is 87.2 cm³/mol. The molecule has 1 aliphatic carbocycles. The average Bonchev–Trinajstić information content (AvgIpc) is 2.91. The van der Waals surface area contributed by atoms with Gasteiger partial charge in [-0.25, -0.2) is 0 Å². The maximum absolute atomic E-state index is 6.70. The normalized spacial score (nSPS) is 47.6. The highest BCUT2D eigenvalue weighted by Crippen LogP contribution is 2.70. The van der Waals surface area contributed by atoms with Crippen LogP contribution in [-0.2, 0) is 14.2 Å². The zero-order valence-corrected chi connectivity index (χ0v) is 14.3. The van der Waals surface area contributed by atoms with E-state index in [2.05, 4.69) is 39.0 Å². The minimum Gasteiger partial charge on any atom is -0.364 e. The fourth-order valence-corrected chi connectivity index (χ4v) is 6.09. The Labute approximate surface area is 138 Å². The Morgan fingerprint density at radius 2 is 1.74 bits per heavy atom. The molecule has 3 heteroatoms. The highest BCUT2D eigenvalue weighted by atomic mass is 16.7. The second-order valence-corrected chi connectivity index (χ2v) is 8.20. The lowest BCUT2D eigenvalue weighted by molar-refractivity contribution is -0.287. The Kier molecular flexibility index (Phi) is 2.88. The largest absolute Gasteiger partial charge is 0.364 e. The molecule has 3 nitrogen and oxygen atoms in total. The number of rotatable bonds is 1.